The van der Waals surface area contributed by atoms with Gasteiger partial charge in [-0.3, -0.25) is 0 Å². The summed E-state index contributed by atoms with van der Waals surface area (Å²) in [5.41, 5.74) is 0.941. The minimum Gasteiger partial charge on any atom is -0.456 e. The summed E-state index contributed by atoms with van der Waals surface area (Å²) < 4.78 is 5.24. The van der Waals surface area contributed by atoms with Crippen molar-refractivity contribution in [1.82, 2.24) is 0 Å². The van der Waals surface area contributed by atoms with Gasteiger partial charge in [-0.2, -0.15) is 0 Å². The number of hydrogen-bond acceptors (Lipinski definition) is 2. The van der Waals surface area contributed by atoms with Gasteiger partial charge in [0.25, 0.3) is 0 Å². The Morgan fingerprint density at radius 3 is 2.40 bits per heavy atom. The van der Waals surface area contributed by atoms with Gasteiger partial charge in [-0.1, -0.05) is 11.6 Å². The summed E-state index contributed by atoms with van der Waals surface area (Å²) in [5.74, 6) is -0.317. The van der Waals surface area contributed by atoms with Crippen LogP contribution in [0.2, 0.25) is 5.02 Å². The summed E-state index contributed by atoms with van der Waals surface area (Å²) in [4.78, 5) is 11.7. The van der Waals surface area contributed by atoms with Crippen LogP contribution in [0.1, 0.15) is 36.7 Å². The van der Waals surface area contributed by atoms with E-state index >= 15 is 0 Å². The first-order chi connectivity index (χ1) is 6.79. The standard InChI is InChI=1S/C12H15ClO2/c1-8-7-9(5-6-10(8)13)11(14)15-12(2,3)4/h5-7H,1-4H3. The van der Waals surface area contributed by atoms with Crippen LogP contribution in [-0.4, -0.2) is 11.6 Å². The van der Waals surface area contributed by atoms with E-state index in [1.807, 2.05) is 27.7 Å². The summed E-state index contributed by atoms with van der Waals surface area (Å²) >= 11 is 5.87. The molecule has 0 aliphatic carbocycles. The molecule has 2 nitrogen and oxygen atoms in total. The highest BCUT2D eigenvalue weighted by Gasteiger charge is 2.17. The molecular weight excluding hydrogens is 212 g/mol. The maximum absolute atomic E-state index is 11.7. The molecule has 0 unspecified atom stereocenters. The number of benzene rings is 1. The summed E-state index contributed by atoms with van der Waals surface area (Å²) in [6, 6.07) is 5.11. The molecule has 0 atom stereocenters. The van der Waals surface area contributed by atoms with Crippen LogP contribution in [0.15, 0.2) is 18.2 Å². The van der Waals surface area contributed by atoms with Crippen molar-refractivity contribution in [2.75, 3.05) is 0 Å². The molecule has 0 saturated carbocycles. The Balaban J connectivity index is 2.88. The van der Waals surface area contributed by atoms with Crippen LogP contribution >= 0.6 is 11.6 Å². The van der Waals surface area contributed by atoms with Crippen molar-refractivity contribution in [3.05, 3.63) is 34.3 Å². The van der Waals surface area contributed by atoms with Crippen molar-refractivity contribution in [3.8, 4) is 0 Å². The SMILES string of the molecule is Cc1cc(C(=O)OC(C)(C)C)ccc1Cl. The number of aryl methyl sites for hydroxylation is 1. The molecule has 15 heavy (non-hydrogen) atoms. The minimum absolute atomic E-state index is 0.317. The third kappa shape index (κ3) is 3.56. The van der Waals surface area contributed by atoms with Gasteiger partial charge in [0.1, 0.15) is 5.60 Å². The highest BCUT2D eigenvalue weighted by atomic mass is 35.5. The van der Waals surface area contributed by atoms with Gasteiger partial charge < -0.3 is 4.74 Å². The smallest absolute Gasteiger partial charge is 0.338 e. The number of esters is 1. The molecule has 0 N–H and O–H groups in total. The Kier molecular flexibility index (Phi) is 3.40. The molecule has 0 saturated heterocycles. The molecule has 0 radical (unpaired) electrons. The fraction of sp³-hybridized carbons (Fsp3) is 0.417. The lowest BCUT2D eigenvalue weighted by Crippen LogP contribution is -2.23. The van der Waals surface area contributed by atoms with Crippen LogP contribution in [-0.2, 0) is 4.74 Å². The summed E-state index contributed by atoms with van der Waals surface area (Å²) in [6.45, 7) is 7.38. The van der Waals surface area contributed by atoms with Crippen molar-refractivity contribution in [2.45, 2.75) is 33.3 Å². The minimum atomic E-state index is -0.468. The molecule has 3 heteroatoms. The number of halogens is 1. The number of ether oxygens (including phenoxy) is 1. The average molecular weight is 227 g/mol. The molecule has 0 spiro atoms. The zero-order valence-electron chi connectivity index (χ0n) is 9.43. The van der Waals surface area contributed by atoms with E-state index in [9.17, 15) is 4.79 Å². The lowest BCUT2D eigenvalue weighted by molar-refractivity contribution is 0.00695. The molecule has 1 aromatic carbocycles. The fourth-order valence-corrected chi connectivity index (χ4v) is 1.23. The normalized spacial score (nSPS) is 11.3. The van der Waals surface area contributed by atoms with Crippen LogP contribution in [0.5, 0.6) is 0 Å². The topological polar surface area (TPSA) is 26.3 Å². The van der Waals surface area contributed by atoms with Gasteiger partial charge in [-0.05, 0) is 51.5 Å². The quantitative estimate of drug-likeness (QED) is 0.684. The maximum Gasteiger partial charge on any atom is 0.338 e. The summed E-state index contributed by atoms with van der Waals surface area (Å²) in [7, 11) is 0. The molecule has 1 rings (SSSR count). The molecule has 0 amide bonds. The maximum atomic E-state index is 11.7. The molecule has 0 fully saturated rings. The number of rotatable bonds is 1. The third-order valence-electron chi connectivity index (χ3n) is 1.79. The second kappa shape index (κ2) is 4.23. The molecule has 1 aromatic rings. The van der Waals surface area contributed by atoms with Crippen LogP contribution < -0.4 is 0 Å². The van der Waals surface area contributed by atoms with E-state index < -0.39 is 5.60 Å². The molecular formula is C12H15ClO2. The third-order valence-corrected chi connectivity index (χ3v) is 2.22. The van der Waals surface area contributed by atoms with Gasteiger partial charge in [0.2, 0.25) is 0 Å². The van der Waals surface area contributed by atoms with Crippen LogP contribution in [0, 0.1) is 6.92 Å². The lowest BCUT2D eigenvalue weighted by Gasteiger charge is -2.19. The predicted octanol–water partition coefficient (Wildman–Crippen LogP) is 3.60. The highest BCUT2D eigenvalue weighted by Crippen LogP contribution is 2.18. The van der Waals surface area contributed by atoms with E-state index in [4.69, 9.17) is 16.3 Å². The van der Waals surface area contributed by atoms with Crippen molar-refractivity contribution >= 4 is 17.6 Å². The molecule has 82 valence electrons. The number of hydrogen-bond donors (Lipinski definition) is 0. The van der Waals surface area contributed by atoms with E-state index in [1.165, 1.54) is 0 Å². The molecule has 0 aromatic heterocycles. The van der Waals surface area contributed by atoms with Crippen LogP contribution in [0.3, 0.4) is 0 Å². The molecule has 0 aliphatic heterocycles. The predicted molar refractivity (Wildman–Crippen MR) is 61.4 cm³/mol. The molecule has 0 bridgehead atoms. The van der Waals surface area contributed by atoms with Crippen LogP contribution in [0.25, 0.3) is 0 Å². The Morgan fingerprint density at radius 2 is 1.93 bits per heavy atom. The molecule has 0 heterocycles. The van der Waals surface area contributed by atoms with E-state index in [1.54, 1.807) is 18.2 Å². The monoisotopic (exact) mass is 226 g/mol. The van der Waals surface area contributed by atoms with Crippen LogP contribution in [0.4, 0.5) is 0 Å². The first kappa shape index (κ1) is 12.1. The van der Waals surface area contributed by atoms with Gasteiger partial charge in [0, 0.05) is 5.02 Å². The van der Waals surface area contributed by atoms with E-state index in [0.717, 1.165) is 5.56 Å². The second-order valence-electron chi connectivity index (χ2n) is 4.47. The largest absolute Gasteiger partial charge is 0.456 e. The number of carbonyl (C=O) groups excluding carboxylic acids is 1. The average Bonchev–Trinajstić information content (AvgIpc) is 2.06. The van der Waals surface area contributed by atoms with Gasteiger partial charge in [0.15, 0.2) is 0 Å². The Bertz CT molecular complexity index is 378. The van der Waals surface area contributed by atoms with E-state index in [0.29, 0.717) is 10.6 Å². The zero-order valence-corrected chi connectivity index (χ0v) is 10.2. The highest BCUT2D eigenvalue weighted by molar-refractivity contribution is 6.31. The van der Waals surface area contributed by atoms with Gasteiger partial charge in [0.05, 0.1) is 5.56 Å². The summed E-state index contributed by atoms with van der Waals surface area (Å²) in [5, 5.41) is 0.655. The fourth-order valence-electron chi connectivity index (χ4n) is 1.11. The van der Waals surface area contributed by atoms with Crippen molar-refractivity contribution in [2.24, 2.45) is 0 Å². The van der Waals surface area contributed by atoms with Gasteiger partial charge in [-0.15, -0.1) is 0 Å². The van der Waals surface area contributed by atoms with E-state index in [-0.39, 0.29) is 5.97 Å². The Morgan fingerprint density at radius 1 is 1.33 bits per heavy atom. The number of carbonyl (C=O) groups is 1. The Hall–Kier alpha value is -1.02. The van der Waals surface area contributed by atoms with Gasteiger partial charge in [-0.25, -0.2) is 4.79 Å². The zero-order chi connectivity index (χ0) is 11.6. The van der Waals surface area contributed by atoms with Gasteiger partial charge >= 0.3 is 5.97 Å². The molecule has 0 aliphatic rings. The van der Waals surface area contributed by atoms with E-state index in [2.05, 4.69) is 0 Å². The lowest BCUT2D eigenvalue weighted by atomic mass is 10.1. The van der Waals surface area contributed by atoms with Crippen molar-refractivity contribution < 1.29 is 9.53 Å². The van der Waals surface area contributed by atoms with Crippen molar-refractivity contribution in [3.63, 3.8) is 0 Å². The first-order valence-corrected chi connectivity index (χ1v) is 5.17. The second-order valence-corrected chi connectivity index (χ2v) is 4.87. The first-order valence-electron chi connectivity index (χ1n) is 4.79. The summed E-state index contributed by atoms with van der Waals surface area (Å²) in [6.07, 6.45) is 0. The Labute approximate surface area is 95.2 Å². The van der Waals surface area contributed by atoms with Crippen molar-refractivity contribution in [1.29, 1.82) is 0 Å².